The van der Waals surface area contributed by atoms with E-state index in [1.807, 2.05) is 6.92 Å². The molecule has 1 aromatic rings. The molecule has 0 amide bonds. The standard InChI is InChI=1S/C16H28N2O/c1-4-5-10-18(11-12-19)16(14(3)17)15-9-7-6-8-13(15)2/h6-9,14,16,19H,4-5,10-12,17H2,1-3H3. The van der Waals surface area contributed by atoms with Crippen LogP contribution in [0.2, 0.25) is 0 Å². The van der Waals surface area contributed by atoms with Gasteiger partial charge in [-0.1, -0.05) is 37.6 Å². The van der Waals surface area contributed by atoms with E-state index in [0.717, 1.165) is 19.4 Å². The third-order valence-electron chi connectivity index (χ3n) is 3.58. The van der Waals surface area contributed by atoms with Crippen LogP contribution in [0.5, 0.6) is 0 Å². The number of hydrogen-bond donors (Lipinski definition) is 2. The Labute approximate surface area is 117 Å². The highest BCUT2D eigenvalue weighted by molar-refractivity contribution is 5.29. The molecule has 3 N–H and O–H groups in total. The molecule has 2 atom stereocenters. The van der Waals surface area contributed by atoms with Gasteiger partial charge in [0.2, 0.25) is 0 Å². The highest BCUT2D eigenvalue weighted by Crippen LogP contribution is 2.26. The van der Waals surface area contributed by atoms with Crippen LogP contribution >= 0.6 is 0 Å². The first-order valence-electron chi connectivity index (χ1n) is 7.27. The van der Waals surface area contributed by atoms with Gasteiger partial charge in [-0.2, -0.15) is 0 Å². The zero-order chi connectivity index (χ0) is 14.3. The van der Waals surface area contributed by atoms with Gasteiger partial charge in [0.1, 0.15) is 0 Å². The van der Waals surface area contributed by atoms with Crippen molar-refractivity contribution in [2.45, 2.75) is 45.7 Å². The highest BCUT2D eigenvalue weighted by atomic mass is 16.3. The predicted octanol–water partition coefficient (Wildman–Crippen LogP) is 2.48. The lowest BCUT2D eigenvalue weighted by Gasteiger charge is -2.35. The lowest BCUT2D eigenvalue weighted by Crippen LogP contribution is -2.41. The molecule has 0 heterocycles. The fourth-order valence-corrected chi connectivity index (χ4v) is 2.61. The summed E-state index contributed by atoms with van der Waals surface area (Å²) in [6.07, 6.45) is 2.29. The number of aliphatic hydroxyl groups excluding tert-OH is 1. The monoisotopic (exact) mass is 264 g/mol. The molecule has 0 aliphatic rings. The lowest BCUT2D eigenvalue weighted by atomic mass is 9.94. The molecule has 0 fully saturated rings. The van der Waals surface area contributed by atoms with Crippen molar-refractivity contribution in [2.75, 3.05) is 19.7 Å². The Morgan fingerprint density at radius 2 is 1.95 bits per heavy atom. The average Bonchev–Trinajstić information content (AvgIpc) is 2.38. The Morgan fingerprint density at radius 3 is 2.47 bits per heavy atom. The van der Waals surface area contributed by atoms with E-state index in [1.54, 1.807) is 0 Å². The van der Waals surface area contributed by atoms with Crippen molar-refractivity contribution in [3.63, 3.8) is 0 Å². The predicted molar refractivity (Wildman–Crippen MR) is 81.1 cm³/mol. The minimum absolute atomic E-state index is 0.0458. The van der Waals surface area contributed by atoms with Crippen LogP contribution in [-0.2, 0) is 0 Å². The fraction of sp³-hybridized carbons (Fsp3) is 0.625. The third-order valence-corrected chi connectivity index (χ3v) is 3.58. The molecule has 19 heavy (non-hydrogen) atoms. The summed E-state index contributed by atoms with van der Waals surface area (Å²) in [6.45, 7) is 8.21. The summed E-state index contributed by atoms with van der Waals surface area (Å²) in [4.78, 5) is 2.32. The van der Waals surface area contributed by atoms with Gasteiger partial charge in [-0.05, 0) is 37.9 Å². The van der Waals surface area contributed by atoms with Gasteiger partial charge in [0.05, 0.1) is 6.61 Å². The van der Waals surface area contributed by atoms with Crippen LogP contribution in [0.15, 0.2) is 24.3 Å². The van der Waals surface area contributed by atoms with Crippen molar-refractivity contribution in [3.8, 4) is 0 Å². The molecular formula is C16H28N2O. The summed E-state index contributed by atoms with van der Waals surface area (Å²) in [5.41, 5.74) is 8.76. The molecule has 3 nitrogen and oxygen atoms in total. The van der Waals surface area contributed by atoms with Crippen LogP contribution < -0.4 is 5.73 Å². The summed E-state index contributed by atoms with van der Waals surface area (Å²) in [7, 11) is 0. The van der Waals surface area contributed by atoms with E-state index in [2.05, 4.69) is 43.0 Å². The van der Waals surface area contributed by atoms with Crippen molar-refractivity contribution in [3.05, 3.63) is 35.4 Å². The minimum Gasteiger partial charge on any atom is -0.395 e. The molecule has 0 radical (unpaired) electrons. The quantitative estimate of drug-likeness (QED) is 0.758. The van der Waals surface area contributed by atoms with Gasteiger partial charge in [0.15, 0.2) is 0 Å². The van der Waals surface area contributed by atoms with E-state index in [1.165, 1.54) is 11.1 Å². The maximum Gasteiger partial charge on any atom is 0.0558 e. The van der Waals surface area contributed by atoms with E-state index in [4.69, 9.17) is 5.73 Å². The number of aryl methyl sites for hydroxylation is 1. The molecule has 108 valence electrons. The number of unbranched alkanes of at least 4 members (excludes halogenated alkanes) is 1. The van der Waals surface area contributed by atoms with Crippen LogP contribution in [0.3, 0.4) is 0 Å². The molecule has 0 aliphatic carbocycles. The van der Waals surface area contributed by atoms with Gasteiger partial charge in [0, 0.05) is 18.6 Å². The summed E-state index contributed by atoms with van der Waals surface area (Å²) in [6, 6.07) is 8.62. The first kappa shape index (κ1) is 16.2. The number of benzene rings is 1. The Bertz CT molecular complexity index is 366. The number of nitrogens with zero attached hydrogens (tertiary/aromatic N) is 1. The van der Waals surface area contributed by atoms with Gasteiger partial charge in [0.25, 0.3) is 0 Å². The molecule has 1 aromatic carbocycles. The summed E-state index contributed by atoms with van der Waals surface area (Å²) in [5.74, 6) is 0. The number of hydrogen-bond acceptors (Lipinski definition) is 3. The van der Waals surface area contributed by atoms with Gasteiger partial charge >= 0.3 is 0 Å². The number of aliphatic hydroxyl groups is 1. The van der Waals surface area contributed by atoms with E-state index in [9.17, 15) is 5.11 Å². The zero-order valence-electron chi connectivity index (χ0n) is 12.5. The molecule has 2 unspecified atom stereocenters. The Kier molecular flexibility index (Phi) is 7.06. The van der Waals surface area contributed by atoms with Gasteiger partial charge in [-0.25, -0.2) is 0 Å². The summed E-state index contributed by atoms with van der Waals surface area (Å²) >= 11 is 0. The molecule has 1 rings (SSSR count). The van der Waals surface area contributed by atoms with Crippen molar-refractivity contribution < 1.29 is 5.11 Å². The molecule has 0 bridgehead atoms. The van der Waals surface area contributed by atoms with Crippen LogP contribution in [0.1, 0.15) is 43.9 Å². The molecule has 0 aromatic heterocycles. The topological polar surface area (TPSA) is 49.5 Å². The number of nitrogens with two attached hydrogens (primary N) is 1. The molecule has 3 heteroatoms. The van der Waals surface area contributed by atoms with Gasteiger partial charge in [-0.3, -0.25) is 4.90 Å². The number of rotatable bonds is 8. The normalized spacial score (nSPS) is 14.6. The maximum absolute atomic E-state index is 9.30. The van der Waals surface area contributed by atoms with Gasteiger partial charge in [-0.15, -0.1) is 0 Å². The fourth-order valence-electron chi connectivity index (χ4n) is 2.61. The van der Waals surface area contributed by atoms with E-state index in [-0.39, 0.29) is 18.7 Å². The highest BCUT2D eigenvalue weighted by Gasteiger charge is 2.24. The Hall–Kier alpha value is -0.900. The maximum atomic E-state index is 9.30. The second-order valence-corrected chi connectivity index (χ2v) is 5.27. The SMILES string of the molecule is CCCCN(CCO)C(c1ccccc1C)C(C)N. The second kappa shape index (κ2) is 8.31. The smallest absolute Gasteiger partial charge is 0.0558 e. The van der Waals surface area contributed by atoms with Crippen molar-refractivity contribution in [1.82, 2.24) is 4.90 Å². The van der Waals surface area contributed by atoms with Crippen molar-refractivity contribution in [1.29, 1.82) is 0 Å². The van der Waals surface area contributed by atoms with E-state index in [0.29, 0.717) is 6.54 Å². The van der Waals surface area contributed by atoms with Crippen molar-refractivity contribution >= 4 is 0 Å². The second-order valence-electron chi connectivity index (χ2n) is 5.27. The third kappa shape index (κ3) is 4.60. The molecule has 0 saturated heterocycles. The minimum atomic E-state index is 0.0458. The molecule has 0 spiro atoms. The van der Waals surface area contributed by atoms with E-state index >= 15 is 0 Å². The van der Waals surface area contributed by atoms with Gasteiger partial charge < -0.3 is 10.8 Å². The Morgan fingerprint density at radius 1 is 1.26 bits per heavy atom. The molecular weight excluding hydrogens is 236 g/mol. The average molecular weight is 264 g/mol. The van der Waals surface area contributed by atoms with Crippen LogP contribution in [-0.4, -0.2) is 35.7 Å². The largest absolute Gasteiger partial charge is 0.395 e. The Balaban J connectivity index is 2.99. The van der Waals surface area contributed by atoms with Crippen molar-refractivity contribution in [2.24, 2.45) is 5.73 Å². The first-order chi connectivity index (χ1) is 9.11. The molecule has 0 saturated carbocycles. The van der Waals surface area contributed by atoms with E-state index < -0.39 is 0 Å². The van der Waals surface area contributed by atoms with Crippen LogP contribution in [0.25, 0.3) is 0 Å². The first-order valence-corrected chi connectivity index (χ1v) is 7.27. The zero-order valence-corrected chi connectivity index (χ0v) is 12.5. The molecule has 0 aliphatic heterocycles. The summed E-state index contributed by atoms with van der Waals surface area (Å²) < 4.78 is 0. The van der Waals surface area contributed by atoms with Crippen LogP contribution in [0, 0.1) is 6.92 Å². The lowest BCUT2D eigenvalue weighted by molar-refractivity contribution is 0.134. The van der Waals surface area contributed by atoms with Crippen LogP contribution in [0.4, 0.5) is 0 Å². The summed E-state index contributed by atoms with van der Waals surface area (Å²) in [5, 5.41) is 9.30.